The number of anilines is 1. The summed E-state index contributed by atoms with van der Waals surface area (Å²) < 4.78 is 15.6. The first-order valence-corrected chi connectivity index (χ1v) is 6.13. The second-order valence-electron chi connectivity index (χ2n) is 3.68. The quantitative estimate of drug-likeness (QED) is 0.821. The van der Waals surface area contributed by atoms with Gasteiger partial charge in [-0.1, -0.05) is 11.2 Å². The highest BCUT2D eigenvalue weighted by molar-refractivity contribution is 6.16. The zero-order valence-corrected chi connectivity index (χ0v) is 11.4. The molecule has 0 aliphatic carbocycles. The maximum absolute atomic E-state index is 5.58. The number of nitrogens with one attached hydrogen (secondary N) is 1. The molecule has 7 heteroatoms. The Labute approximate surface area is 115 Å². The summed E-state index contributed by atoms with van der Waals surface area (Å²) in [6.07, 6.45) is 0. The van der Waals surface area contributed by atoms with Gasteiger partial charge in [0, 0.05) is 6.54 Å². The average Bonchev–Trinajstić information content (AvgIpc) is 2.92. The molecule has 0 aliphatic rings. The second-order valence-corrected chi connectivity index (χ2v) is 3.94. The number of halogens is 1. The minimum absolute atomic E-state index is 0.199. The Hall–Kier alpha value is -1.95. The molecule has 0 amide bonds. The number of nitrogens with zero attached hydrogens (tertiary/aromatic N) is 2. The molecule has 2 rings (SSSR count). The lowest BCUT2D eigenvalue weighted by atomic mass is 10.2. The van der Waals surface area contributed by atoms with Crippen LogP contribution in [-0.4, -0.2) is 24.4 Å². The Bertz CT molecular complexity index is 545. The fourth-order valence-electron chi connectivity index (χ4n) is 1.55. The van der Waals surface area contributed by atoms with E-state index in [1.165, 1.54) is 0 Å². The second kappa shape index (κ2) is 6.29. The first kappa shape index (κ1) is 13.5. The van der Waals surface area contributed by atoms with Crippen LogP contribution in [0.15, 0.2) is 22.6 Å². The molecule has 19 heavy (non-hydrogen) atoms. The lowest BCUT2D eigenvalue weighted by Crippen LogP contribution is -2.00. The van der Waals surface area contributed by atoms with Crippen molar-refractivity contribution in [2.75, 3.05) is 19.5 Å². The molecule has 0 radical (unpaired) electrons. The molecule has 0 spiro atoms. The van der Waals surface area contributed by atoms with E-state index in [1.807, 2.05) is 18.2 Å². The molecule has 6 nitrogen and oxygen atoms in total. The van der Waals surface area contributed by atoms with Crippen LogP contribution in [0.2, 0.25) is 0 Å². The normalized spacial score (nSPS) is 10.3. The van der Waals surface area contributed by atoms with E-state index in [0.717, 1.165) is 5.56 Å². The van der Waals surface area contributed by atoms with Gasteiger partial charge in [0.25, 0.3) is 0 Å². The van der Waals surface area contributed by atoms with Crippen molar-refractivity contribution in [2.45, 2.75) is 12.4 Å². The molecule has 0 fully saturated rings. The summed E-state index contributed by atoms with van der Waals surface area (Å²) in [6.45, 7) is 0.532. The van der Waals surface area contributed by atoms with E-state index < -0.39 is 0 Å². The number of rotatable bonds is 6. The third-order valence-corrected chi connectivity index (χ3v) is 2.70. The molecule has 1 aromatic carbocycles. The maximum atomic E-state index is 5.58. The van der Waals surface area contributed by atoms with Crippen molar-refractivity contribution < 1.29 is 13.9 Å². The van der Waals surface area contributed by atoms with Crippen molar-refractivity contribution in [3.63, 3.8) is 0 Å². The van der Waals surface area contributed by atoms with E-state index in [1.54, 1.807) is 14.2 Å². The van der Waals surface area contributed by atoms with E-state index in [9.17, 15) is 0 Å². The molecular formula is C12H14ClN3O3. The van der Waals surface area contributed by atoms with Crippen LogP contribution in [-0.2, 0) is 12.4 Å². The molecule has 1 aromatic heterocycles. The SMILES string of the molecule is COc1ccc(CNc2nnc(CCl)o2)cc1OC. The molecule has 0 unspecified atom stereocenters. The standard InChI is InChI=1S/C12H14ClN3O3/c1-17-9-4-3-8(5-10(9)18-2)7-14-12-16-15-11(6-13)19-12/h3-5H,6-7H2,1-2H3,(H,14,16). The van der Waals surface area contributed by atoms with Crippen LogP contribution < -0.4 is 14.8 Å². The average molecular weight is 284 g/mol. The highest BCUT2D eigenvalue weighted by atomic mass is 35.5. The van der Waals surface area contributed by atoms with Crippen molar-refractivity contribution in [1.82, 2.24) is 10.2 Å². The number of ether oxygens (including phenoxy) is 2. The van der Waals surface area contributed by atoms with Gasteiger partial charge in [0.2, 0.25) is 5.89 Å². The van der Waals surface area contributed by atoms with Gasteiger partial charge < -0.3 is 19.2 Å². The summed E-state index contributed by atoms with van der Waals surface area (Å²) >= 11 is 5.58. The van der Waals surface area contributed by atoms with Crippen LogP contribution in [0.5, 0.6) is 11.5 Å². The van der Waals surface area contributed by atoms with Crippen molar-refractivity contribution in [3.05, 3.63) is 29.7 Å². The largest absolute Gasteiger partial charge is 0.493 e. The lowest BCUT2D eigenvalue weighted by molar-refractivity contribution is 0.354. The highest BCUT2D eigenvalue weighted by Gasteiger charge is 2.07. The number of hydrogen-bond donors (Lipinski definition) is 1. The van der Waals surface area contributed by atoms with Crippen molar-refractivity contribution in [3.8, 4) is 11.5 Å². The number of aromatic nitrogens is 2. The van der Waals surface area contributed by atoms with Crippen LogP contribution in [0.25, 0.3) is 0 Å². The summed E-state index contributed by atoms with van der Waals surface area (Å²) in [5.41, 5.74) is 1.00. The summed E-state index contributed by atoms with van der Waals surface area (Å²) in [5.74, 6) is 1.95. The third kappa shape index (κ3) is 3.29. The Morgan fingerprint density at radius 3 is 2.63 bits per heavy atom. The van der Waals surface area contributed by atoms with Gasteiger partial charge in [-0.3, -0.25) is 0 Å². The Morgan fingerprint density at radius 2 is 2.00 bits per heavy atom. The number of hydrogen-bond acceptors (Lipinski definition) is 6. The van der Waals surface area contributed by atoms with E-state index in [-0.39, 0.29) is 5.88 Å². The third-order valence-electron chi connectivity index (χ3n) is 2.47. The molecule has 2 aromatic rings. The monoisotopic (exact) mass is 283 g/mol. The zero-order valence-electron chi connectivity index (χ0n) is 10.6. The Balaban J connectivity index is 2.03. The zero-order chi connectivity index (χ0) is 13.7. The molecule has 102 valence electrons. The molecule has 1 heterocycles. The summed E-state index contributed by atoms with van der Waals surface area (Å²) in [4.78, 5) is 0. The highest BCUT2D eigenvalue weighted by Crippen LogP contribution is 2.27. The van der Waals surface area contributed by atoms with Crippen molar-refractivity contribution in [1.29, 1.82) is 0 Å². The molecular weight excluding hydrogens is 270 g/mol. The summed E-state index contributed by atoms with van der Waals surface area (Å²) in [5, 5.41) is 10.6. The fourth-order valence-corrected chi connectivity index (χ4v) is 1.66. The smallest absolute Gasteiger partial charge is 0.315 e. The predicted octanol–water partition coefficient (Wildman–Crippen LogP) is 2.44. The minimum atomic E-state index is 0.199. The molecule has 1 N–H and O–H groups in total. The van der Waals surface area contributed by atoms with Gasteiger partial charge in [-0.05, 0) is 17.7 Å². The van der Waals surface area contributed by atoms with Gasteiger partial charge in [0.15, 0.2) is 11.5 Å². The Morgan fingerprint density at radius 1 is 1.21 bits per heavy atom. The lowest BCUT2D eigenvalue weighted by Gasteiger charge is -2.09. The van der Waals surface area contributed by atoms with Crippen molar-refractivity contribution in [2.24, 2.45) is 0 Å². The van der Waals surface area contributed by atoms with Crippen LogP contribution in [0, 0.1) is 0 Å². The van der Waals surface area contributed by atoms with Crippen LogP contribution in [0.3, 0.4) is 0 Å². The van der Waals surface area contributed by atoms with Crippen molar-refractivity contribution >= 4 is 17.6 Å². The summed E-state index contributed by atoms with van der Waals surface area (Å²) in [6, 6.07) is 5.98. The molecule has 0 saturated carbocycles. The van der Waals surface area contributed by atoms with Crippen LogP contribution in [0.4, 0.5) is 6.01 Å². The first-order chi connectivity index (χ1) is 9.26. The van der Waals surface area contributed by atoms with E-state index in [2.05, 4.69) is 15.5 Å². The molecule has 0 atom stereocenters. The Kier molecular flexibility index (Phi) is 4.46. The first-order valence-electron chi connectivity index (χ1n) is 5.60. The molecule has 0 saturated heterocycles. The maximum Gasteiger partial charge on any atom is 0.315 e. The van der Waals surface area contributed by atoms with Crippen LogP contribution in [0.1, 0.15) is 11.5 Å². The minimum Gasteiger partial charge on any atom is -0.493 e. The topological polar surface area (TPSA) is 69.4 Å². The number of methoxy groups -OCH3 is 2. The van der Waals surface area contributed by atoms with Gasteiger partial charge in [0.05, 0.1) is 14.2 Å². The fraction of sp³-hybridized carbons (Fsp3) is 0.333. The molecule has 0 aliphatic heterocycles. The van der Waals surface area contributed by atoms with E-state index in [4.69, 9.17) is 25.5 Å². The van der Waals surface area contributed by atoms with E-state index >= 15 is 0 Å². The van der Waals surface area contributed by atoms with E-state index in [0.29, 0.717) is 29.9 Å². The number of benzene rings is 1. The molecule has 0 bridgehead atoms. The summed E-state index contributed by atoms with van der Waals surface area (Å²) in [7, 11) is 3.20. The van der Waals surface area contributed by atoms with Gasteiger partial charge in [-0.15, -0.1) is 16.7 Å². The predicted molar refractivity (Wildman–Crippen MR) is 70.7 cm³/mol. The van der Waals surface area contributed by atoms with Gasteiger partial charge in [-0.25, -0.2) is 0 Å². The van der Waals surface area contributed by atoms with Gasteiger partial charge in [-0.2, -0.15) is 0 Å². The van der Waals surface area contributed by atoms with Gasteiger partial charge >= 0.3 is 6.01 Å². The number of alkyl halides is 1. The van der Waals surface area contributed by atoms with Crippen LogP contribution >= 0.6 is 11.6 Å². The van der Waals surface area contributed by atoms with Gasteiger partial charge in [0.1, 0.15) is 5.88 Å².